The van der Waals surface area contributed by atoms with E-state index in [-0.39, 0.29) is 5.91 Å². The number of anilines is 1. The lowest BCUT2D eigenvalue weighted by atomic mass is 10.2. The lowest BCUT2D eigenvalue weighted by Crippen LogP contribution is -2.31. The molecule has 4 heteroatoms. The van der Waals surface area contributed by atoms with E-state index in [9.17, 15) is 4.79 Å². The van der Waals surface area contributed by atoms with E-state index in [0.29, 0.717) is 25.3 Å². The van der Waals surface area contributed by atoms with Gasteiger partial charge >= 0.3 is 0 Å². The molecular formula is C14H17ClN2O. The molecule has 1 amide bonds. The number of halogens is 1. The SMILES string of the molecule is N#CCCN(C(=O)CCCCCl)c1ccccc1. The Balaban J connectivity index is 2.66. The van der Waals surface area contributed by atoms with Crippen LogP contribution in [0.2, 0.25) is 0 Å². The number of nitriles is 1. The van der Waals surface area contributed by atoms with Crippen LogP contribution in [-0.2, 0) is 4.79 Å². The molecule has 0 aliphatic rings. The molecule has 96 valence electrons. The molecule has 1 aromatic rings. The van der Waals surface area contributed by atoms with Crippen molar-refractivity contribution in [3.05, 3.63) is 30.3 Å². The van der Waals surface area contributed by atoms with Crippen LogP contribution >= 0.6 is 11.6 Å². The average molecular weight is 265 g/mol. The molecule has 1 aromatic carbocycles. The van der Waals surface area contributed by atoms with Gasteiger partial charge in [0.05, 0.1) is 12.5 Å². The van der Waals surface area contributed by atoms with E-state index in [1.807, 2.05) is 30.3 Å². The standard InChI is InChI=1S/C14H17ClN2O/c15-10-5-4-9-14(18)17(12-6-11-16)13-7-2-1-3-8-13/h1-3,7-8H,4-6,9-10,12H2. The maximum Gasteiger partial charge on any atom is 0.227 e. The van der Waals surface area contributed by atoms with Gasteiger partial charge in [0.1, 0.15) is 0 Å². The topological polar surface area (TPSA) is 44.1 Å². The monoisotopic (exact) mass is 264 g/mol. The van der Waals surface area contributed by atoms with Crippen LogP contribution < -0.4 is 4.90 Å². The third kappa shape index (κ3) is 4.77. The van der Waals surface area contributed by atoms with Crippen LogP contribution in [0, 0.1) is 11.3 Å². The molecule has 0 aromatic heterocycles. The van der Waals surface area contributed by atoms with Crippen molar-refractivity contribution in [3.8, 4) is 6.07 Å². The number of para-hydroxylation sites is 1. The van der Waals surface area contributed by atoms with Crippen molar-refractivity contribution in [2.45, 2.75) is 25.7 Å². The van der Waals surface area contributed by atoms with E-state index >= 15 is 0 Å². The molecule has 0 fully saturated rings. The first kappa shape index (κ1) is 14.5. The molecule has 1 rings (SSSR count). The predicted molar refractivity (Wildman–Crippen MR) is 73.6 cm³/mol. The quantitative estimate of drug-likeness (QED) is 0.560. The summed E-state index contributed by atoms with van der Waals surface area (Å²) in [6.07, 6.45) is 2.45. The minimum absolute atomic E-state index is 0.0570. The molecule has 0 radical (unpaired) electrons. The highest BCUT2D eigenvalue weighted by Gasteiger charge is 2.14. The number of amides is 1. The molecule has 0 N–H and O–H groups in total. The van der Waals surface area contributed by atoms with Crippen molar-refractivity contribution in [1.29, 1.82) is 5.26 Å². The van der Waals surface area contributed by atoms with Gasteiger partial charge in [0.25, 0.3) is 0 Å². The first-order valence-electron chi connectivity index (χ1n) is 6.08. The smallest absolute Gasteiger partial charge is 0.227 e. The van der Waals surface area contributed by atoms with Crippen molar-refractivity contribution in [1.82, 2.24) is 0 Å². The van der Waals surface area contributed by atoms with Gasteiger partial charge in [-0.3, -0.25) is 4.79 Å². The van der Waals surface area contributed by atoms with Crippen molar-refractivity contribution < 1.29 is 4.79 Å². The van der Waals surface area contributed by atoms with Crippen LogP contribution in [0.3, 0.4) is 0 Å². The lowest BCUT2D eigenvalue weighted by Gasteiger charge is -2.21. The van der Waals surface area contributed by atoms with Crippen LogP contribution in [0.1, 0.15) is 25.7 Å². The second-order valence-electron chi connectivity index (χ2n) is 3.94. The molecule has 0 aliphatic heterocycles. The third-order valence-corrected chi connectivity index (χ3v) is 2.86. The summed E-state index contributed by atoms with van der Waals surface area (Å²) in [6.45, 7) is 0.445. The number of carbonyl (C=O) groups is 1. The lowest BCUT2D eigenvalue weighted by molar-refractivity contribution is -0.118. The molecule has 0 bridgehead atoms. The van der Waals surface area contributed by atoms with Crippen LogP contribution in [0.15, 0.2) is 30.3 Å². The fraction of sp³-hybridized carbons (Fsp3) is 0.429. The maximum absolute atomic E-state index is 12.1. The summed E-state index contributed by atoms with van der Waals surface area (Å²) in [5.41, 5.74) is 0.851. The van der Waals surface area contributed by atoms with Gasteiger partial charge in [-0.15, -0.1) is 11.6 Å². The van der Waals surface area contributed by atoms with Crippen LogP contribution in [0.25, 0.3) is 0 Å². The van der Waals surface area contributed by atoms with Crippen molar-refractivity contribution in [2.75, 3.05) is 17.3 Å². The Morgan fingerprint density at radius 2 is 2.00 bits per heavy atom. The summed E-state index contributed by atoms with van der Waals surface area (Å²) in [7, 11) is 0. The summed E-state index contributed by atoms with van der Waals surface area (Å²) < 4.78 is 0. The molecule has 0 heterocycles. The number of alkyl halides is 1. The number of nitrogens with zero attached hydrogens (tertiary/aromatic N) is 2. The normalized spacial score (nSPS) is 9.78. The molecule has 3 nitrogen and oxygen atoms in total. The second-order valence-corrected chi connectivity index (χ2v) is 4.31. The van der Waals surface area contributed by atoms with E-state index in [2.05, 4.69) is 6.07 Å². The van der Waals surface area contributed by atoms with E-state index in [1.165, 1.54) is 0 Å². The zero-order valence-corrected chi connectivity index (χ0v) is 11.1. The summed E-state index contributed by atoms with van der Waals surface area (Å²) in [4.78, 5) is 13.8. The highest BCUT2D eigenvalue weighted by molar-refractivity contribution is 6.17. The van der Waals surface area contributed by atoms with Crippen LogP contribution in [0.5, 0.6) is 0 Å². The van der Waals surface area contributed by atoms with Gasteiger partial charge in [-0.2, -0.15) is 5.26 Å². The molecule has 0 spiro atoms. The van der Waals surface area contributed by atoms with Crippen molar-refractivity contribution in [2.24, 2.45) is 0 Å². The zero-order valence-electron chi connectivity index (χ0n) is 10.3. The fourth-order valence-electron chi connectivity index (χ4n) is 1.67. The maximum atomic E-state index is 12.1. The van der Waals surface area contributed by atoms with Gasteiger partial charge < -0.3 is 4.90 Å². The van der Waals surface area contributed by atoms with Gasteiger partial charge in [0, 0.05) is 24.5 Å². The van der Waals surface area contributed by atoms with Gasteiger partial charge in [0.15, 0.2) is 0 Å². The Hall–Kier alpha value is -1.53. The number of carbonyl (C=O) groups excluding carboxylic acids is 1. The minimum Gasteiger partial charge on any atom is -0.311 e. The van der Waals surface area contributed by atoms with Gasteiger partial charge in [-0.05, 0) is 25.0 Å². The van der Waals surface area contributed by atoms with E-state index in [0.717, 1.165) is 18.5 Å². The fourth-order valence-corrected chi connectivity index (χ4v) is 1.86. The van der Waals surface area contributed by atoms with Gasteiger partial charge in [-0.25, -0.2) is 0 Å². The first-order valence-corrected chi connectivity index (χ1v) is 6.61. The zero-order chi connectivity index (χ0) is 13.2. The number of rotatable bonds is 7. The van der Waals surface area contributed by atoms with Crippen molar-refractivity contribution >= 4 is 23.2 Å². The van der Waals surface area contributed by atoms with E-state index in [1.54, 1.807) is 4.90 Å². The molecule has 0 unspecified atom stereocenters. The van der Waals surface area contributed by atoms with Crippen LogP contribution in [0.4, 0.5) is 5.69 Å². The molecular weight excluding hydrogens is 248 g/mol. The molecule has 0 saturated heterocycles. The van der Waals surface area contributed by atoms with Gasteiger partial charge in [0.2, 0.25) is 5.91 Å². The van der Waals surface area contributed by atoms with E-state index in [4.69, 9.17) is 16.9 Å². The third-order valence-electron chi connectivity index (χ3n) is 2.59. The number of benzene rings is 1. The molecule has 0 aliphatic carbocycles. The Morgan fingerprint density at radius 3 is 2.61 bits per heavy atom. The number of hydrogen-bond donors (Lipinski definition) is 0. The highest BCUT2D eigenvalue weighted by Crippen LogP contribution is 2.16. The minimum atomic E-state index is 0.0570. The summed E-state index contributed by atoms with van der Waals surface area (Å²) in [5.74, 6) is 0.637. The number of hydrogen-bond acceptors (Lipinski definition) is 2. The molecule has 18 heavy (non-hydrogen) atoms. The Bertz CT molecular complexity index is 400. The highest BCUT2D eigenvalue weighted by atomic mass is 35.5. The van der Waals surface area contributed by atoms with Gasteiger partial charge in [-0.1, -0.05) is 18.2 Å². The first-order chi connectivity index (χ1) is 8.79. The Kier molecular flexibility index (Phi) is 6.90. The Morgan fingerprint density at radius 1 is 1.28 bits per heavy atom. The Labute approximate surface area is 113 Å². The molecule has 0 atom stereocenters. The average Bonchev–Trinajstić information content (AvgIpc) is 2.41. The summed E-state index contributed by atoms with van der Waals surface area (Å²) in [6, 6.07) is 11.5. The van der Waals surface area contributed by atoms with Crippen molar-refractivity contribution in [3.63, 3.8) is 0 Å². The second kappa shape index (κ2) is 8.54. The summed E-state index contributed by atoms with van der Waals surface area (Å²) >= 11 is 5.60. The number of unbranched alkanes of at least 4 members (excludes halogenated alkanes) is 1. The van der Waals surface area contributed by atoms with E-state index < -0.39 is 0 Å². The predicted octanol–water partition coefficient (Wildman–Crippen LogP) is 3.34. The van der Waals surface area contributed by atoms with Crippen LogP contribution in [-0.4, -0.2) is 18.3 Å². The molecule has 0 saturated carbocycles. The largest absolute Gasteiger partial charge is 0.311 e. The summed E-state index contributed by atoms with van der Waals surface area (Å²) in [5, 5.41) is 8.65.